The van der Waals surface area contributed by atoms with E-state index in [1.165, 1.54) is 72.8 Å². The molecule has 3 aliphatic rings. The van der Waals surface area contributed by atoms with Crippen LogP contribution in [0.25, 0.3) is 21.9 Å². The van der Waals surface area contributed by atoms with Crippen molar-refractivity contribution >= 4 is 85.1 Å². The molecule has 0 radical (unpaired) electrons. The van der Waals surface area contributed by atoms with Crippen LogP contribution in [0.5, 0.6) is 0 Å². The lowest BCUT2D eigenvalue weighted by atomic mass is 9.31. The molecule has 8 aromatic rings. The van der Waals surface area contributed by atoms with Crippen LogP contribution in [0.4, 0.5) is 45.5 Å². The van der Waals surface area contributed by atoms with E-state index < -0.39 is 0 Å². The fourth-order valence-corrected chi connectivity index (χ4v) is 9.86. The standard InChI is InChI=1S/C52H42BN3O/c1-33-17-8-11-27-43(33)55-46-31-38(54(37-21-6-5-7-22-37)45-29-16-24-40-39-23-10-13-30-48(39)57-52(40)45)32-47-49(46)53(41-25-14-19-35(3)50(41)55)42-26-15-20-36(4)51(42)56(47)44-28-12-9-18-34(44)2/h5-14,16-19,21-32H,15,20H2,1-4H3. The average molecular weight is 736 g/mol. The highest BCUT2D eigenvalue weighted by Crippen LogP contribution is 2.52. The Labute approximate surface area is 334 Å². The summed E-state index contributed by atoms with van der Waals surface area (Å²) >= 11 is 0. The molecule has 1 aliphatic carbocycles. The van der Waals surface area contributed by atoms with Gasteiger partial charge in [0.15, 0.2) is 5.58 Å². The predicted molar refractivity (Wildman–Crippen MR) is 241 cm³/mol. The third kappa shape index (κ3) is 5.01. The van der Waals surface area contributed by atoms with Crippen molar-refractivity contribution in [2.75, 3.05) is 14.7 Å². The molecule has 7 aromatic carbocycles. The number of nitrogens with zero attached hydrogens (tertiary/aromatic N) is 3. The van der Waals surface area contributed by atoms with Crippen molar-refractivity contribution in [3.8, 4) is 0 Å². The lowest BCUT2D eigenvalue weighted by Crippen LogP contribution is -2.57. The van der Waals surface area contributed by atoms with E-state index in [1.54, 1.807) is 0 Å². The molecule has 0 saturated carbocycles. The molecule has 11 rings (SSSR count). The van der Waals surface area contributed by atoms with Gasteiger partial charge in [0.2, 0.25) is 0 Å². The van der Waals surface area contributed by atoms with Gasteiger partial charge in [0.1, 0.15) is 5.58 Å². The first-order chi connectivity index (χ1) is 28.0. The number of hydrogen-bond acceptors (Lipinski definition) is 4. The van der Waals surface area contributed by atoms with Gasteiger partial charge in [-0.15, -0.1) is 0 Å². The molecule has 0 amide bonds. The van der Waals surface area contributed by atoms with Gasteiger partial charge in [0.25, 0.3) is 6.71 Å². The van der Waals surface area contributed by atoms with E-state index in [4.69, 9.17) is 4.42 Å². The Hall–Kier alpha value is -6.72. The maximum absolute atomic E-state index is 6.79. The summed E-state index contributed by atoms with van der Waals surface area (Å²) in [6, 6.07) is 55.2. The molecular weight excluding hydrogens is 693 g/mol. The first kappa shape index (κ1) is 33.6. The lowest BCUT2D eigenvalue weighted by Gasteiger charge is -2.48. The number of anilines is 8. The Morgan fingerprint density at radius 3 is 1.96 bits per heavy atom. The van der Waals surface area contributed by atoms with E-state index in [9.17, 15) is 0 Å². The smallest absolute Gasteiger partial charge is 0.251 e. The second-order valence-electron chi connectivity index (χ2n) is 15.8. The molecule has 0 atom stereocenters. The lowest BCUT2D eigenvalue weighted by molar-refractivity contribution is 0.669. The zero-order valence-corrected chi connectivity index (χ0v) is 32.8. The summed E-state index contributed by atoms with van der Waals surface area (Å²) in [5.41, 5.74) is 21.6. The predicted octanol–water partition coefficient (Wildman–Crippen LogP) is 13.1. The van der Waals surface area contributed by atoms with Gasteiger partial charge < -0.3 is 19.1 Å². The van der Waals surface area contributed by atoms with Crippen molar-refractivity contribution in [2.24, 2.45) is 0 Å². The SMILES string of the molecule is CC1=C2C(=CCC1)B1c3cccc(C)c3N(c3ccccc3C)c3cc(N(c4ccccc4)c4cccc5c4oc4ccccc45)cc(c31)N2c1ccccc1C. The third-order valence-electron chi connectivity index (χ3n) is 12.4. The van der Waals surface area contributed by atoms with E-state index in [1.807, 2.05) is 0 Å². The van der Waals surface area contributed by atoms with Crippen LogP contribution in [0.2, 0.25) is 0 Å². The summed E-state index contributed by atoms with van der Waals surface area (Å²) < 4.78 is 6.79. The van der Waals surface area contributed by atoms with Crippen LogP contribution in [-0.4, -0.2) is 6.71 Å². The van der Waals surface area contributed by atoms with Gasteiger partial charge in [0.05, 0.1) is 11.4 Å². The molecule has 3 heterocycles. The first-order valence-electron chi connectivity index (χ1n) is 20.1. The Morgan fingerprint density at radius 1 is 0.561 bits per heavy atom. The highest BCUT2D eigenvalue weighted by molar-refractivity contribution is 6.96. The van der Waals surface area contributed by atoms with Crippen molar-refractivity contribution in [3.05, 3.63) is 191 Å². The van der Waals surface area contributed by atoms with Gasteiger partial charge in [-0.3, -0.25) is 0 Å². The first-order valence-corrected chi connectivity index (χ1v) is 20.1. The molecular formula is C52H42BN3O. The zero-order valence-electron chi connectivity index (χ0n) is 32.8. The van der Waals surface area contributed by atoms with Crippen LogP contribution >= 0.6 is 0 Å². The molecule has 5 heteroatoms. The van der Waals surface area contributed by atoms with Crippen LogP contribution in [0.15, 0.2) is 179 Å². The molecule has 0 fully saturated rings. The maximum Gasteiger partial charge on any atom is 0.251 e. The van der Waals surface area contributed by atoms with Crippen LogP contribution in [-0.2, 0) is 0 Å². The minimum atomic E-state index is 0.0775. The van der Waals surface area contributed by atoms with Gasteiger partial charge in [-0.05, 0) is 128 Å². The van der Waals surface area contributed by atoms with Gasteiger partial charge in [-0.1, -0.05) is 109 Å². The quantitative estimate of drug-likeness (QED) is 0.164. The van der Waals surface area contributed by atoms with Crippen LogP contribution in [0.1, 0.15) is 36.5 Å². The van der Waals surface area contributed by atoms with Gasteiger partial charge >= 0.3 is 0 Å². The zero-order chi connectivity index (χ0) is 38.4. The third-order valence-corrected chi connectivity index (χ3v) is 12.4. The van der Waals surface area contributed by atoms with E-state index >= 15 is 0 Å². The van der Waals surface area contributed by atoms with Crippen molar-refractivity contribution < 1.29 is 4.42 Å². The van der Waals surface area contributed by atoms with Crippen LogP contribution < -0.4 is 25.6 Å². The van der Waals surface area contributed by atoms with Crippen molar-refractivity contribution in [3.63, 3.8) is 0 Å². The Bertz CT molecular complexity index is 2990. The molecule has 2 aliphatic heterocycles. The molecule has 57 heavy (non-hydrogen) atoms. The topological polar surface area (TPSA) is 22.9 Å². The van der Waals surface area contributed by atoms with Crippen molar-refractivity contribution in [2.45, 2.75) is 40.5 Å². The number of aryl methyl sites for hydroxylation is 3. The Balaban J connectivity index is 1.30. The Kier molecular flexibility index (Phi) is 7.62. The van der Waals surface area contributed by atoms with Gasteiger partial charge in [-0.2, -0.15) is 0 Å². The summed E-state index contributed by atoms with van der Waals surface area (Å²) in [6.45, 7) is 9.19. The number of allylic oxidation sites excluding steroid dienone is 3. The largest absolute Gasteiger partial charge is 0.454 e. The molecule has 0 spiro atoms. The highest BCUT2D eigenvalue weighted by atomic mass is 16.3. The fourth-order valence-electron chi connectivity index (χ4n) is 9.86. The summed E-state index contributed by atoms with van der Waals surface area (Å²) in [6.07, 6.45) is 4.61. The van der Waals surface area contributed by atoms with Crippen molar-refractivity contribution in [1.82, 2.24) is 0 Å². The Morgan fingerprint density at radius 2 is 1.19 bits per heavy atom. The van der Waals surface area contributed by atoms with Crippen molar-refractivity contribution in [1.29, 1.82) is 0 Å². The number of fused-ring (bicyclic) bond motifs is 7. The summed E-state index contributed by atoms with van der Waals surface area (Å²) in [7, 11) is 0. The molecule has 0 saturated heterocycles. The second-order valence-corrected chi connectivity index (χ2v) is 15.8. The summed E-state index contributed by atoms with van der Waals surface area (Å²) in [5.74, 6) is 0. The van der Waals surface area contributed by atoms with E-state index in [-0.39, 0.29) is 6.71 Å². The van der Waals surface area contributed by atoms with E-state index in [2.05, 4.69) is 200 Å². The normalized spacial score (nSPS) is 14.5. The molecule has 274 valence electrons. The monoisotopic (exact) mass is 735 g/mol. The number of para-hydroxylation sites is 6. The number of hydrogen-bond donors (Lipinski definition) is 0. The number of rotatable bonds is 5. The van der Waals surface area contributed by atoms with Crippen LogP contribution in [0.3, 0.4) is 0 Å². The number of benzene rings is 7. The fraction of sp³-hybridized carbons (Fsp3) is 0.115. The van der Waals surface area contributed by atoms with Gasteiger partial charge in [0, 0.05) is 50.6 Å². The van der Waals surface area contributed by atoms with E-state index in [0.717, 1.165) is 51.8 Å². The summed E-state index contributed by atoms with van der Waals surface area (Å²) in [4.78, 5) is 7.56. The van der Waals surface area contributed by atoms with Gasteiger partial charge in [-0.25, -0.2) is 0 Å². The maximum atomic E-state index is 6.79. The molecule has 0 unspecified atom stereocenters. The molecule has 0 bridgehead atoms. The number of furan rings is 1. The van der Waals surface area contributed by atoms with Crippen LogP contribution in [0, 0.1) is 20.8 Å². The second kappa shape index (κ2) is 12.9. The highest BCUT2D eigenvalue weighted by Gasteiger charge is 2.47. The minimum absolute atomic E-state index is 0.0775. The average Bonchev–Trinajstić information content (AvgIpc) is 3.62. The molecule has 0 N–H and O–H groups in total. The molecule has 1 aromatic heterocycles. The molecule has 4 nitrogen and oxygen atoms in total. The minimum Gasteiger partial charge on any atom is -0.454 e. The van der Waals surface area contributed by atoms with E-state index in [0.29, 0.717) is 0 Å². The summed E-state index contributed by atoms with van der Waals surface area (Å²) in [5, 5.41) is 2.22.